The van der Waals surface area contributed by atoms with Crippen molar-refractivity contribution in [3.05, 3.63) is 52.2 Å². The number of anilines is 3. The Morgan fingerprint density at radius 3 is 2.84 bits per heavy atom. The lowest BCUT2D eigenvalue weighted by Gasteiger charge is -2.12. The number of nitrogens with one attached hydrogen (secondary N) is 3. The van der Waals surface area contributed by atoms with E-state index in [1.807, 2.05) is 6.07 Å². The minimum Gasteiger partial charge on any atom is -0.367 e. The van der Waals surface area contributed by atoms with Gasteiger partial charge in [0, 0.05) is 23.2 Å². The van der Waals surface area contributed by atoms with Gasteiger partial charge in [-0.1, -0.05) is 11.6 Å². The maximum absolute atomic E-state index is 12.0. The Bertz CT molecular complexity index is 1320. The molecule has 3 aromatic rings. The number of rotatable bonds is 5. The van der Waals surface area contributed by atoms with Crippen molar-refractivity contribution in [3.63, 3.8) is 0 Å². The van der Waals surface area contributed by atoms with Crippen LogP contribution in [0.15, 0.2) is 36.0 Å². The van der Waals surface area contributed by atoms with E-state index in [2.05, 4.69) is 32.1 Å². The number of halogens is 1. The zero-order chi connectivity index (χ0) is 21.5. The third-order valence-electron chi connectivity index (χ3n) is 5.01. The van der Waals surface area contributed by atoms with Gasteiger partial charge in [0.15, 0.2) is 5.65 Å². The highest BCUT2D eigenvalue weighted by molar-refractivity contribution is 6.33. The van der Waals surface area contributed by atoms with Crippen LogP contribution in [0.25, 0.3) is 11.7 Å². The third-order valence-corrected chi connectivity index (χ3v) is 5.34. The maximum atomic E-state index is 12.0. The fourth-order valence-corrected chi connectivity index (χ4v) is 3.49. The maximum Gasteiger partial charge on any atom is 0.254 e. The summed E-state index contributed by atoms with van der Waals surface area (Å²) in [4.78, 5) is 28.1. The molecule has 3 heterocycles. The second kappa shape index (κ2) is 7.41. The zero-order valence-corrected chi connectivity index (χ0v) is 16.9. The molecule has 5 rings (SSSR count). The highest BCUT2D eigenvalue weighted by Gasteiger charge is 2.25. The molecule has 1 saturated carbocycles. The highest BCUT2D eigenvalue weighted by atomic mass is 35.5. The largest absolute Gasteiger partial charge is 0.367 e. The molecule has 1 aromatic carbocycles. The summed E-state index contributed by atoms with van der Waals surface area (Å²) >= 11 is 6.29. The fourth-order valence-electron chi connectivity index (χ4n) is 3.32. The first-order chi connectivity index (χ1) is 15.0. The van der Waals surface area contributed by atoms with Gasteiger partial charge in [0.2, 0.25) is 5.91 Å². The molecule has 2 fully saturated rings. The Kier molecular flexibility index (Phi) is 4.56. The average molecular weight is 434 g/mol. The van der Waals surface area contributed by atoms with Crippen LogP contribution < -0.4 is 16.0 Å². The van der Waals surface area contributed by atoms with Gasteiger partial charge >= 0.3 is 0 Å². The Balaban J connectivity index is 1.59. The SMILES string of the molecule is N#Cc1ccc(Cl)c(Nc2cc(NC3CC3)n3ncc(C=C4CC(=O)NC4=O)c3n2)c1. The lowest BCUT2D eigenvalue weighted by atomic mass is 10.1. The predicted molar refractivity (Wildman–Crippen MR) is 115 cm³/mol. The van der Waals surface area contributed by atoms with Crippen molar-refractivity contribution in [2.45, 2.75) is 25.3 Å². The van der Waals surface area contributed by atoms with Crippen LogP contribution in [-0.4, -0.2) is 32.5 Å². The summed E-state index contributed by atoms with van der Waals surface area (Å²) in [6.45, 7) is 0. The van der Waals surface area contributed by atoms with Crippen molar-refractivity contribution in [1.82, 2.24) is 19.9 Å². The molecule has 0 unspecified atom stereocenters. The summed E-state index contributed by atoms with van der Waals surface area (Å²) in [5.74, 6) is 0.500. The van der Waals surface area contributed by atoms with E-state index in [-0.39, 0.29) is 12.3 Å². The molecule has 0 radical (unpaired) electrons. The second-order valence-corrected chi connectivity index (χ2v) is 7.84. The molecule has 1 aliphatic carbocycles. The monoisotopic (exact) mass is 433 g/mol. The number of nitrogens with zero attached hydrogens (tertiary/aromatic N) is 4. The molecule has 154 valence electrons. The molecule has 10 heteroatoms. The number of hydrogen-bond donors (Lipinski definition) is 3. The van der Waals surface area contributed by atoms with Crippen LogP contribution in [0.1, 0.15) is 30.4 Å². The third kappa shape index (κ3) is 3.81. The summed E-state index contributed by atoms with van der Waals surface area (Å²) in [5, 5.41) is 22.9. The minimum atomic E-state index is -0.407. The quantitative estimate of drug-likeness (QED) is 0.417. The van der Waals surface area contributed by atoms with Crippen LogP contribution in [0.3, 0.4) is 0 Å². The molecule has 0 bridgehead atoms. The van der Waals surface area contributed by atoms with Crippen LogP contribution in [0.4, 0.5) is 17.3 Å². The van der Waals surface area contributed by atoms with Gasteiger partial charge in [0.25, 0.3) is 5.91 Å². The van der Waals surface area contributed by atoms with E-state index < -0.39 is 5.91 Å². The van der Waals surface area contributed by atoms with E-state index in [1.54, 1.807) is 35.0 Å². The molecular formula is C21H16ClN7O2. The number of hydrogen-bond acceptors (Lipinski definition) is 7. The fraction of sp³-hybridized carbons (Fsp3) is 0.190. The second-order valence-electron chi connectivity index (χ2n) is 7.44. The predicted octanol–water partition coefficient (Wildman–Crippen LogP) is 3.00. The van der Waals surface area contributed by atoms with Crippen molar-refractivity contribution in [2.24, 2.45) is 0 Å². The van der Waals surface area contributed by atoms with Crippen LogP contribution >= 0.6 is 11.6 Å². The zero-order valence-electron chi connectivity index (χ0n) is 16.1. The molecule has 0 spiro atoms. The van der Waals surface area contributed by atoms with E-state index >= 15 is 0 Å². The van der Waals surface area contributed by atoms with Gasteiger partial charge in [0.05, 0.1) is 35.0 Å². The summed E-state index contributed by atoms with van der Waals surface area (Å²) < 4.78 is 1.66. The molecule has 0 atom stereocenters. The van der Waals surface area contributed by atoms with Crippen molar-refractivity contribution in [3.8, 4) is 6.07 Å². The van der Waals surface area contributed by atoms with Crippen LogP contribution in [0, 0.1) is 11.3 Å². The topological polar surface area (TPSA) is 124 Å². The standard InChI is InChI=1S/C21H16ClN7O2/c22-15-4-1-11(9-23)5-16(15)26-17-8-18(25-14-2-3-14)29-20(27-17)13(10-24-29)6-12-7-19(30)28-21(12)31/h1,4-6,8,10,14,25H,2-3,7H2,(H,26,27)(H,28,30,31). The number of imide groups is 1. The highest BCUT2D eigenvalue weighted by Crippen LogP contribution is 2.31. The van der Waals surface area contributed by atoms with Crippen molar-refractivity contribution < 1.29 is 9.59 Å². The molecule has 1 aliphatic heterocycles. The summed E-state index contributed by atoms with van der Waals surface area (Å²) in [6.07, 6.45) is 5.41. The molecule has 2 amide bonds. The van der Waals surface area contributed by atoms with Gasteiger partial charge in [-0.3, -0.25) is 14.9 Å². The van der Waals surface area contributed by atoms with Crippen molar-refractivity contribution in [1.29, 1.82) is 5.26 Å². The summed E-state index contributed by atoms with van der Waals surface area (Å²) in [5.41, 5.74) is 2.51. The average Bonchev–Trinajstić information content (AvgIpc) is 3.38. The van der Waals surface area contributed by atoms with Gasteiger partial charge in [-0.2, -0.15) is 14.9 Å². The van der Waals surface area contributed by atoms with Gasteiger partial charge in [-0.25, -0.2) is 4.98 Å². The first kappa shape index (κ1) is 19.1. The van der Waals surface area contributed by atoms with Crippen LogP contribution in [0.2, 0.25) is 5.02 Å². The lowest BCUT2D eigenvalue weighted by Crippen LogP contribution is -2.19. The van der Waals surface area contributed by atoms with E-state index in [0.717, 1.165) is 18.7 Å². The minimum absolute atomic E-state index is 0.0256. The van der Waals surface area contributed by atoms with E-state index in [1.165, 1.54) is 0 Å². The Hall–Kier alpha value is -3.90. The summed E-state index contributed by atoms with van der Waals surface area (Å²) in [7, 11) is 0. The van der Waals surface area contributed by atoms with E-state index in [0.29, 0.717) is 44.9 Å². The summed E-state index contributed by atoms with van der Waals surface area (Å²) in [6, 6.07) is 9.21. The van der Waals surface area contributed by atoms with E-state index in [9.17, 15) is 14.9 Å². The Morgan fingerprint density at radius 2 is 2.13 bits per heavy atom. The van der Waals surface area contributed by atoms with Crippen molar-refractivity contribution in [2.75, 3.05) is 10.6 Å². The first-order valence-corrected chi connectivity index (χ1v) is 10.0. The smallest absolute Gasteiger partial charge is 0.254 e. The van der Waals surface area contributed by atoms with Gasteiger partial charge in [0.1, 0.15) is 11.6 Å². The van der Waals surface area contributed by atoms with Gasteiger partial charge in [-0.05, 0) is 37.1 Å². The first-order valence-electron chi connectivity index (χ1n) is 9.67. The molecule has 3 N–H and O–H groups in total. The van der Waals surface area contributed by atoms with Gasteiger partial charge in [-0.15, -0.1) is 0 Å². The van der Waals surface area contributed by atoms with Crippen LogP contribution in [0.5, 0.6) is 0 Å². The molecule has 9 nitrogen and oxygen atoms in total. The number of aromatic nitrogens is 3. The van der Waals surface area contributed by atoms with Gasteiger partial charge < -0.3 is 10.6 Å². The Morgan fingerprint density at radius 1 is 1.29 bits per heavy atom. The van der Waals surface area contributed by atoms with Crippen molar-refractivity contribution >= 4 is 52.5 Å². The number of fused-ring (bicyclic) bond motifs is 1. The molecule has 2 aliphatic rings. The number of carbonyl (C=O) groups is 2. The number of carbonyl (C=O) groups excluding carboxylic acids is 2. The van der Waals surface area contributed by atoms with Crippen LogP contribution in [-0.2, 0) is 9.59 Å². The number of benzene rings is 1. The van der Waals surface area contributed by atoms with E-state index in [4.69, 9.17) is 11.6 Å². The number of nitriles is 1. The normalized spacial score (nSPS) is 17.1. The molecular weight excluding hydrogens is 418 g/mol. The molecule has 31 heavy (non-hydrogen) atoms. The molecule has 2 aromatic heterocycles. The number of amides is 2. The lowest BCUT2D eigenvalue weighted by molar-refractivity contribution is -0.124. The molecule has 1 saturated heterocycles. The Labute approximate surface area is 181 Å².